The van der Waals surface area contributed by atoms with Crippen LogP contribution in [0.4, 0.5) is 5.69 Å². The van der Waals surface area contributed by atoms with Gasteiger partial charge in [-0.2, -0.15) is 0 Å². The molecule has 0 aliphatic rings. The number of anilines is 1. The largest absolute Gasteiger partial charge is 0.322 e. The average Bonchev–Trinajstić information content (AvgIpc) is 2.39. The van der Waals surface area contributed by atoms with Gasteiger partial charge in [-0.25, -0.2) is 0 Å². The van der Waals surface area contributed by atoms with Crippen LogP contribution in [0, 0.1) is 0 Å². The molecule has 0 spiro atoms. The zero-order valence-corrected chi connectivity index (χ0v) is 12.4. The number of hydrogen-bond donors (Lipinski definition) is 1. The number of benzene rings is 1. The van der Waals surface area contributed by atoms with Gasteiger partial charge in [-0.3, -0.25) is 9.78 Å². The van der Waals surface area contributed by atoms with Gasteiger partial charge < -0.3 is 5.32 Å². The van der Waals surface area contributed by atoms with Crippen molar-refractivity contribution in [1.29, 1.82) is 0 Å². The Morgan fingerprint density at radius 3 is 2.74 bits per heavy atom. The third-order valence-corrected chi connectivity index (χ3v) is 3.21. The predicted octanol–water partition coefficient (Wildman–Crippen LogP) is 4.22. The number of pyridine rings is 1. The van der Waals surface area contributed by atoms with Crippen LogP contribution in [0.1, 0.15) is 35.7 Å². The maximum atomic E-state index is 12.1. The highest BCUT2D eigenvalue weighted by molar-refractivity contribution is 9.10. The first-order valence-electron chi connectivity index (χ1n) is 6.08. The van der Waals surface area contributed by atoms with Crippen molar-refractivity contribution in [2.75, 3.05) is 5.32 Å². The molecule has 2 rings (SSSR count). The van der Waals surface area contributed by atoms with E-state index >= 15 is 0 Å². The standard InChI is InChI=1S/C15H15BrN2O/c1-10(2)11-4-3-5-14(7-11)18-15(19)12-6-13(16)9-17-8-12/h3-10H,1-2H3,(H,18,19). The number of halogens is 1. The van der Waals surface area contributed by atoms with E-state index in [9.17, 15) is 4.79 Å². The van der Waals surface area contributed by atoms with E-state index in [0.29, 0.717) is 11.5 Å². The Morgan fingerprint density at radius 1 is 1.26 bits per heavy atom. The van der Waals surface area contributed by atoms with Gasteiger partial charge in [0.25, 0.3) is 5.91 Å². The molecule has 0 aliphatic heterocycles. The second-order valence-electron chi connectivity index (χ2n) is 4.63. The summed E-state index contributed by atoms with van der Waals surface area (Å²) in [6.07, 6.45) is 3.20. The Kier molecular flexibility index (Phi) is 4.32. The maximum absolute atomic E-state index is 12.1. The third kappa shape index (κ3) is 3.64. The van der Waals surface area contributed by atoms with Crippen molar-refractivity contribution < 1.29 is 4.79 Å². The number of aromatic nitrogens is 1. The van der Waals surface area contributed by atoms with Crippen molar-refractivity contribution in [2.45, 2.75) is 19.8 Å². The van der Waals surface area contributed by atoms with Crippen LogP contribution in [-0.2, 0) is 0 Å². The van der Waals surface area contributed by atoms with Gasteiger partial charge in [0.15, 0.2) is 0 Å². The van der Waals surface area contributed by atoms with Crippen LogP contribution in [0.2, 0.25) is 0 Å². The molecule has 1 heterocycles. The minimum Gasteiger partial charge on any atom is -0.322 e. The highest BCUT2D eigenvalue weighted by atomic mass is 79.9. The van der Waals surface area contributed by atoms with E-state index in [1.807, 2.05) is 18.2 Å². The molecule has 1 N–H and O–H groups in total. The third-order valence-electron chi connectivity index (χ3n) is 2.78. The van der Waals surface area contributed by atoms with Gasteiger partial charge in [0.2, 0.25) is 0 Å². The highest BCUT2D eigenvalue weighted by Gasteiger charge is 2.08. The van der Waals surface area contributed by atoms with Crippen LogP contribution < -0.4 is 5.32 Å². The number of carbonyl (C=O) groups excluding carboxylic acids is 1. The van der Waals surface area contributed by atoms with Crippen LogP contribution in [0.25, 0.3) is 0 Å². The Morgan fingerprint density at radius 2 is 2.05 bits per heavy atom. The molecule has 0 saturated heterocycles. The number of amides is 1. The highest BCUT2D eigenvalue weighted by Crippen LogP contribution is 2.19. The van der Waals surface area contributed by atoms with Gasteiger partial charge in [-0.05, 0) is 45.6 Å². The Labute approximate surface area is 121 Å². The van der Waals surface area contributed by atoms with Crippen LogP contribution >= 0.6 is 15.9 Å². The van der Waals surface area contributed by atoms with Gasteiger partial charge in [0.1, 0.15) is 0 Å². The van der Waals surface area contributed by atoms with E-state index in [1.165, 1.54) is 5.56 Å². The first-order chi connectivity index (χ1) is 9.06. The van der Waals surface area contributed by atoms with Gasteiger partial charge >= 0.3 is 0 Å². The second-order valence-corrected chi connectivity index (χ2v) is 5.54. The van der Waals surface area contributed by atoms with Crippen molar-refractivity contribution in [3.63, 3.8) is 0 Å². The minimum absolute atomic E-state index is 0.158. The van der Waals surface area contributed by atoms with Crippen molar-refractivity contribution in [1.82, 2.24) is 4.98 Å². The fourth-order valence-electron chi connectivity index (χ4n) is 1.71. The number of nitrogens with one attached hydrogen (secondary N) is 1. The fourth-order valence-corrected chi connectivity index (χ4v) is 2.08. The topological polar surface area (TPSA) is 42.0 Å². The molecule has 0 atom stereocenters. The fraction of sp³-hybridized carbons (Fsp3) is 0.200. The van der Waals surface area contributed by atoms with Gasteiger partial charge in [0.05, 0.1) is 5.56 Å². The van der Waals surface area contributed by atoms with E-state index < -0.39 is 0 Å². The first-order valence-corrected chi connectivity index (χ1v) is 6.87. The molecule has 19 heavy (non-hydrogen) atoms. The molecule has 1 aromatic carbocycles. The zero-order valence-electron chi connectivity index (χ0n) is 10.9. The molecule has 0 unspecified atom stereocenters. The molecule has 1 amide bonds. The Bertz CT molecular complexity index is 596. The summed E-state index contributed by atoms with van der Waals surface area (Å²) in [6.45, 7) is 4.25. The van der Waals surface area contributed by atoms with Gasteiger partial charge in [0, 0.05) is 22.6 Å². The van der Waals surface area contributed by atoms with E-state index in [-0.39, 0.29) is 5.91 Å². The first kappa shape index (κ1) is 13.7. The summed E-state index contributed by atoms with van der Waals surface area (Å²) in [5.41, 5.74) is 2.53. The average molecular weight is 319 g/mol. The van der Waals surface area contributed by atoms with Crippen molar-refractivity contribution in [3.05, 3.63) is 58.3 Å². The van der Waals surface area contributed by atoms with E-state index in [1.54, 1.807) is 18.5 Å². The molecule has 1 aromatic heterocycles. The SMILES string of the molecule is CC(C)c1cccc(NC(=O)c2cncc(Br)c2)c1. The van der Waals surface area contributed by atoms with E-state index in [2.05, 4.69) is 46.1 Å². The maximum Gasteiger partial charge on any atom is 0.257 e. The number of rotatable bonds is 3. The Balaban J connectivity index is 2.17. The van der Waals surface area contributed by atoms with Crippen molar-refractivity contribution in [3.8, 4) is 0 Å². The van der Waals surface area contributed by atoms with Crippen LogP contribution in [0.3, 0.4) is 0 Å². The lowest BCUT2D eigenvalue weighted by atomic mass is 10.0. The van der Waals surface area contributed by atoms with Gasteiger partial charge in [-0.15, -0.1) is 0 Å². The summed E-state index contributed by atoms with van der Waals surface area (Å²) in [5.74, 6) is 0.277. The number of hydrogen-bond acceptors (Lipinski definition) is 2. The van der Waals surface area contributed by atoms with Crippen molar-refractivity contribution in [2.24, 2.45) is 0 Å². The van der Waals surface area contributed by atoms with Crippen LogP contribution in [-0.4, -0.2) is 10.9 Å². The summed E-state index contributed by atoms with van der Waals surface area (Å²) < 4.78 is 0.788. The molecule has 0 aliphatic carbocycles. The normalized spacial score (nSPS) is 10.5. The molecule has 98 valence electrons. The number of carbonyl (C=O) groups is 1. The summed E-state index contributed by atoms with van der Waals surface area (Å²) in [7, 11) is 0. The summed E-state index contributed by atoms with van der Waals surface area (Å²) in [6, 6.07) is 9.63. The molecule has 0 bridgehead atoms. The molecule has 3 nitrogen and oxygen atoms in total. The molecule has 2 aromatic rings. The molecule has 4 heteroatoms. The molecular weight excluding hydrogens is 304 g/mol. The smallest absolute Gasteiger partial charge is 0.257 e. The lowest BCUT2D eigenvalue weighted by molar-refractivity contribution is 0.102. The molecule has 0 radical (unpaired) electrons. The second kappa shape index (κ2) is 5.97. The van der Waals surface area contributed by atoms with E-state index in [4.69, 9.17) is 0 Å². The lowest BCUT2D eigenvalue weighted by Crippen LogP contribution is -2.12. The van der Waals surface area contributed by atoms with Gasteiger partial charge in [-0.1, -0.05) is 26.0 Å². The minimum atomic E-state index is -0.158. The van der Waals surface area contributed by atoms with E-state index in [0.717, 1.165) is 10.2 Å². The molecule has 0 fully saturated rings. The zero-order chi connectivity index (χ0) is 13.8. The lowest BCUT2D eigenvalue weighted by Gasteiger charge is -2.09. The number of nitrogens with zero attached hydrogens (tertiary/aromatic N) is 1. The summed E-state index contributed by atoms with van der Waals surface area (Å²) in [5, 5.41) is 2.88. The molecule has 0 saturated carbocycles. The quantitative estimate of drug-likeness (QED) is 0.920. The molecular formula is C15H15BrN2O. The summed E-state index contributed by atoms with van der Waals surface area (Å²) >= 11 is 3.30. The van der Waals surface area contributed by atoms with Crippen LogP contribution in [0.5, 0.6) is 0 Å². The summed E-state index contributed by atoms with van der Waals surface area (Å²) in [4.78, 5) is 16.1. The van der Waals surface area contributed by atoms with Crippen LogP contribution in [0.15, 0.2) is 47.2 Å². The predicted molar refractivity (Wildman–Crippen MR) is 80.4 cm³/mol. The van der Waals surface area contributed by atoms with Crippen molar-refractivity contribution >= 4 is 27.5 Å². The Hall–Kier alpha value is -1.68. The monoisotopic (exact) mass is 318 g/mol.